The highest BCUT2D eigenvalue weighted by molar-refractivity contribution is 5.63. The molecule has 0 unspecified atom stereocenters. The van der Waals surface area contributed by atoms with Crippen LogP contribution in [0.1, 0.15) is 12.6 Å². The van der Waals surface area contributed by atoms with E-state index < -0.39 is 0 Å². The van der Waals surface area contributed by atoms with Gasteiger partial charge in [0.15, 0.2) is 11.5 Å². The average Bonchev–Trinajstić information content (AvgIpc) is 3.11. The molecule has 1 aromatic heterocycles. The molecule has 7 heteroatoms. The van der Waals surface area contributed by atoms with Crippen LogP contribution in [0.5, 0.6) is 11.5 Å². The average molecular weight is 342 g/mol. The third-order valence-electron chi connectivity index (χ3n) is 4.45. The first-order valence-corrected chi connectivity index (χ1v) is 8.30. The van der Waals surface area contributed by atoms with Crippen LogP contribution in [0.3, 0.4) is 0 Å². The van der Waals surface area contributed by atoms with E-state index in [-0.39, 0.29) is 0 Å². The standard InChI is InChI=1S/C18H22N4O3/c1-4-21-7-9-22(10-8-21)18-14(12-19)20-17(25-18)13-5-6-15(23-2)16(11-13)24-3/h5-6,11H,4,7-10H2,1-3H3. The van der Waals surface area contributed by atoms with E-state index in [0.717, 1.165) is 38.3 Å². The van der Waals surface area contributed by atoms with E-state index >= 15 is 0 Å². The summed E-state index contributed by atoms with van der Waals surface area (Å²) in [5.74, 6) is 2.18. The van der Waals surface area contributed by atoms with Gasteiger partial charge in [-0.2, -0.15) is 10.2 Å². The van der Waals surface area contributed by atoms with Crippen molar-refractivity contribution in [2.75, 3.05) is 51.8 Å². The number of hydrogen-bond donors (Lipinski definition) is 0. The molecule has 1 fully saturated rings. The van der Waals surface area contributed by atoms with Crippen LogP contribution >= 0.6 is 0 Å². The van der Waals surface area contributed by atoms with E-state index in [9.17, 15) is 5.26 Å². The predicted octanol–water partition coefficient (Wildman–Crippen LogP) is 2.37. The molecule has 0 saturated carbocycles. The topological polar surface area (TPSA) is 74.8 Å². The molecule has 3 rings (SSSR count). The fourth-order valence-electron chi connectivity index (χ4n) is 2.96. The maximum atomic E-state index is 9.44. The van der Waals surface area contributed by atoms with Crippen molar-refractivity contribution in [3.05, 3.63) is 23.9 Å². The summed E-state index contributed by atoms with van der Waals surface area (Å²) >= 11 is 0. The Morgan fingerprint density at radius 3 is 2.48 bits per heavy atom. The molecule has 1 saturated heterocycles. The molecule has 0 radical (unpaired) electrons. The van der Waals surface area contributed by atoms with E-state index in [2.05, 4.69) is 27.8 Å². The van der Waals surface area contributed by atoms with Crippen molar-refractivity contribution in [3.8, 4) is 29.0 Å². The molecule has 0 amide bonds. The quantitative estimate of drug-likeness (QED) is 0.826. The van der Waals surface area contributed by atoms with Gasteiger partial charge in [0.25, 0.3) is 0 Å². The SMILES string of the molecule is CCN1CCN(c2oc(-c3ccc(OC)c(OC)c3)nc2C#N)CC1. The molecule has 1 aliphatic rings. The Labute approximate surface area is 147 Å². The molecule has 25 heavy (non-hydrogen) atoms. The maximum absolute atomic E-state index is 9.44. The van der Waals surface area contributed by atoms with E-state index in [4.69, 9.17) is 13.9 Å². The Balaban J connectivity index is 1.90. The van der Waals surface area contributed by atoms with Gasteiger partial charge < -0.3 is 23.7 Å². The largest absolute Gasteiger partial charge is 0.493 e. The van der Waals surface area contributed by atoms with Crippen molar-refractivity contribution in [3.63, 3.8) is 0 Å². The number of likely N-dealkylation sites (N-methyl/N-ethyl adjacent to an activating group) is 1. The third-order valence-corrected chi connectivity index (χ3v) is 4.45. The van der Waals surface area contributed by atoms with E-state index in [1.54, 1.807) is 26.4 Å². The molecule has 7 nitrogen and oxygen atoms in total. The summed E-state index contributed by atoms with van der Waals surface area (Å²) in [6.07, 6.45) is 0. The zero-order valence-electron chi connectivity index (χ0n) is 14.8. The highest BCUT2D eigenvalue weighted by atomic mass is 16.5. The number of nitrogens with zero attached hydrogens (tertiary/aromatic N) is 4. The summed E-state index contributed by atoms with van der Waals surface area (Å²) in [6.45, 7) is 6.74. The molecule has 1 aromatic carbocycles. The minimum Gasteiger partial charge on any atom is -0.493 e. The Hall–Kier alpha value is -2.72. The van der Waals surface area contributed by atoms with Gasteiger partial charge in [0.2, 0.25) is 17.5 Å². The number of ether oxygens (including phenoxy) is 2. The lowest BCUT2D eigenvalue weighted by molar-refractivity contribution is 0.266. The number of nitriles is 1. The molecule has 0 atom stereocenters. The normalized spacial score (nSPS) is 15.0. The van der Waals surface area contributed by atoms with Crippen LogP contribution in [0.15, 0.2) is 22.6 Å². The second kappa shape index (κ2) is 7.45. The van der Waals surface area contributed by atoms with Crippen molar-refractivity contribution < 1.29 is 13.9 Å². The lowest BCUT2D eigenvalue weighted by Gasteiger charge is -2.33. The van der Waals surface area contributed by atoms with Gasteiger partial charge in [0, 0.05) is 31.7 Å². The van der Waals surface area contributed by atoms with Gasteiger partial charge in [0.05, 0.1) is 14.2 Å². The van der Waals surface area contributed by atoms with Crippen molar-refractivity contribution in [2.24, 2.45) is 0 Å². The summed E-state index contributed by atoms with van der Waals surface area (Å²) in [5, 5.41) is 9.44. The van der Waals surface area contributed by atoms with Gasteiger partial charge in [-0.3, -0.25) is 0 Å². The molecule has 132 valence electrons. The number of oxazole rings is 1. The molecule has 0 spiro atoms. The Morgan fingerprint density at radius 1 is 1.16 bits per heavy atom. The number of rotatable bonds is 5. The van der Waals surface area contributed by atoms with Crippen molar-refractivity contribution >= 4 is 5.88 Å². The zero-order valence-corrected chi connectivity index (χ0v) is 14.8. The summed E-state index contributed by atoms with van der Waals surface area (Å²) in [4.78, 5) is 8.82. The van der Waals surface area contributed by atoms with Crippen LogP contribution in [0.2, 0.25) is 0 Å². The minimum absolute atomic E-state index is 0.315. The predicted molar refractivity (Wildman–Crippen MR) is 94.1 cm³/mol. The lowest BCUT2D eigenvalue weighted by atomic mass is 10.2. The van der Waals surface area contributed by atoms with E-state index in [0.29, 0.717) is 29.0 Å². The zero-order chi connectivity index (χ0) is 17.8. The smallest absolute Gasteiger partial charge is 0.235 e. The van der Waals surface area contributed by atoms with Gasteiger partial charge in [-0.05, 0) is 24.7 Å². The summed E-state index contributed by atoms with van der Waals surface area (Å²) in [5.41, 5.74) is 1.06. The number of methoxy groups -OCH3 is 2. The maximum Gasteiger partial charge on any atom is 0.235 e. The number of benzene rings is 1. The highest BCUT2D eigenvalue weighted by Gasteiger charge is 2.24. The van der Waals surface area contributed by atoms with Crippen molar-refractivity contribution in [1.29, 1.82) is 5.26 Å². The first kappa shape index (κ1) is 17.1. The Morgan fingerprint density at radius 2 is 1.88 bits per heavy atom. The highest BCUT2D eigenvalue weighted by Crippen LogP contribution is 2.34. The van der Waals surface area contributed by atoms with Gasteiger partial charge in [-0.25, -0.2) is 0 Å². The monoisotopic (exact) mass is 342 g/mol. The van der Waals surface area contributed by atoms with Crippen LogP contribution < -0.4 is 14.4 Å². The van der Waals surface area contributed by atoms with Crippen LogP contribution in [0.4, 0.5) is 5.88 Å². The fraction of sp³-hybridized carbons (Fsp3) is 0.444. The molecule has 2 heterocycles. The van der Waals surface area contributed by atoms with Crippen LogP contribution in [0.25, 0.3) is 11.5 Å². The van der Waals surface area contributed by atoms with Crippen LogP contribution in [0, 0.1) is 11.3 Å². The first-order valence-electron chi connectivity index (χ1n) is 8.30. The third kappa shape index (κ3) is 3.39. The van der Waals surface area contributed by atoms with Gasteiger partial charge in [0.1, 0.15) is 6.07 Å². The molecule has 2 aromatic rings. The number of anilines is 1. The van der Waals surface area contributed by atoms with Crippen LogP contribution in [-0.4, -0.2) is 56.8 Å². The number of aromatic nitrogens is 1. The molecule has 0 aliphatic carbocycles. The van der Waals surface area contributed by atoms with Gasteiger partial charge >= 0.3 is 0 Å². The fourth-order valence-corrected chi connectivity index (χ4v) is 2.96. The number of hydrogen-bond acceptors (Lipinski definition) is 7. The molecular formula is C18H22N4O3. The summed E-state index contributed by atoms with van der Waals surface area (Å²) in [6, 6.07) is 7.58. The molecule has 1 aliphatic heterocycles. The summed E-state index contributed by atoms with van der Waals surface area (Å²) < 4.78 is 16.5. The molecule has 0 bridgehead atoms. The second-order valence-electron chi connectivity index (χ2n) is 5.78. The Bertz CT molecular complexity index is 773. The van der Waals surface area contributed by atoms with E-state index in [1.807, 2.05) is 6.07 Å². The molecular weight excluding hydrogens is 320 g/mol. The summed E-state index contributed by atoms with van der Waals surface area (Å²) in [7, 11) is 3.17. The van der Waals surface area contributed by atoms with E-state index in [1.165, 1.54) is 0 Å². The van der Waals surface area contributed by atoms with Gasteiger partial charge in [-0.1, -0.05) is 6.92 Å². The number of piperazine rings is 1. The first-order chi connectivity index (χ1) is 12.2. The minimum atomic E-state index is 0.315. The lowest BCUT2D eigenvalue weighted by Crippen LogP contribution is -2.46. The van der Waals surface area contributed by atoms with Crippen molar-refractivity contribution in [1.82, 2.24) is 9.88 Å². The molecule has 0 N–H and O–H groups in total. The second-order valence-corrected chi connectivity index (χ2v) is 5.78. The Kier molecular flexibility index (Phi) is 5.10. The van der Waals surface area contributed by atoms with Crippen LogP contribution in [-0.2, 0) is 0 Å². The van der Waals surface area contributed by atoms with Crippen molar-refractivity contribution in [2.45, 2.75) is 6.92 Å². The van der Waals surface area contributed by atoms with Gasteiger partial charge in [-0.15, -0.1) is 0 Å².